The van der Waals surface area contributed by atoms with Crippen molar-refractivity contribution in [3.63, 3.8) is 0 Å². The van der Waals surface area contributed by atoms with Crippen molar-refractivity contribution in [2.45, 2.75) is 6.92 Å². The van der Waals surface area contributed by atoms with E-state index < -0.39 is 0 Å². The summed E-state index contributed by atoms with van der Waals surface area (Å²) in [5, 5.41) is 17.3. The van der Waals surface area contributed by atoms with Gasteiger partial charge in [0.15, 0.2) is 6.79 Å². The minimum absolute atomic E-state index is 0.331. The van der Waals surface area contributed by atoms with Gasteiger partial charge >= 0.3 is 0 Å². The van der Waals surface area contributed by atoms with Crippen LogP contribution in [0, 0.1) is 0 Å². The van der Waals surface area contributed by atoms with Crippen molar-refractivity contribution in [3.05, 3.63) is 72.8 Å². The van der Waals surface area contributed by atoms with E-state index in [0.717, 1.165) is 28.3 Å². The molecular formula is C23H24N2O4. The molecule has 0 amide bonds. The molecule has 6 heteroatoms. The third-order valence-electron chi connectivity index (χ3n) is 4.10. The number of rotatable bonds is 10. The van der Waals surface area contributed by atoms with Gasteiger partial charge in [-0.3, -0.25) is 0 Å². The smallest absolute Gasteiger partial charge is 0.186 e. The average molecular weight is 392 g/mol. The molecule has 0 aromatic heterocycles. The zero-order valence-corrected chi connectivity index (χ0v) is 16.3. The van der Waals surface area contributed by atoms with Crippen LogP contribution in [0.5, 0.6) is 11.5 Å². The lowest BCUT2D eigenvalue weighted by atomic mass is 10.1. The summed E-state index contributed by atoms with van der Waals surface area (Å²) in [5.41, 5.74) is 3.64. The minimum Gasteiger partial charge on any atom is -0.491 e. The molecule has 0 unspecified atom stereocenters. The molecule has 0 aliphatic rings. The number of hydrogen-bond donors (Lipinski definition) is 1. The van der Waals surface area contributed by atoms with Crippen molar-refractivity contribution in [2.75, 3.05) is 26.6 Å². The first kappa shape index (κ1) is 20.5. The first-order chi connectivity index (χ1) is 14.3. The quantitative estimate of drug-likeness (QED) is 0.280. The molecule has 29 heavy (non-hydrogen) atoms. The van der Waals surface area contributed by atoms with Gasteiger partial charge in [-0.2, -0.15) is 10.2 Å². The molecule has 3 aromatic rings. The Hall–Kier alpha value is -3.22. The maximum Gasteiger partial charge on any atom is 0.186 e. The number of ether oxygens (including phenoxy) is 3. The highest BCUT2D eigenvalue weighted by Gasteiger charge is 2.00. The Balaban J connectivity index is 1.57. The van der Waals surface area contributed by atoms with E-state index in [1.165, 1.54) is 0 Å². The van der Waals surface area contributed by atoms with Crippen LogP contribution in [0.3, 0.4) is 0 Å². The van der Waals surface area contributed by atoms with Crippen LogP contribution < -0.4 is 9.47 Å². The van der Waals surface area contributed by atoms with E-state index in [9.17, 15) is 0 Å². The predicted octanol–water partition coefficient (Wildman–Crippen LogP) is 5.51. The summed E-state index contributed by atoms with van der Waals surface area (Å²) in [5.74, 6) is 1.41. The molecule has 0 heterocycles. The van der Waals surface area contributed by atoms with Crippen molar-refractivity contribution in [1.82, 2.24) is 0 Å². The maximum atomic E-state index is 8.78. The molecule has 0 aliphatic carbocycles. The number of benzene rings is 3. The standard InChI is InChI=1S/C23H24N2O4/c1-2-27-15-16-28-22-13-9-21(10-14-22)25-24-20-7-3-18(4-8-20)19-5-11-23(12-6-19)29-17-26/h3-14,26H,2,15-17H2,1H3. The van der Waals surface area contributed by atoms with Crippen molar-refractivity contribution in [2.24, 2.45) is 10.2 Å². The Morgan fingerprint density at radius 3 is 1.69 bits per heavy atom. The third-order valence-corrected chi connectivity index (χ3v) is 4.10. The minimum atomic E-state index is -0.331. The largest absolute Gasteiger partial charge is 0.491 e. The average Bonchev–Trinajstić information content (AvgIpc) is 2.77. The molecule has 6 nitrogen and oxygen atoms in total. The van der Waals surface area contributed by atoms with Crippen LogP contribution in [0.2, 0.25) is 0 Å². The summed E-state index contributed by atoms with van der Waals surface area (Å²) in [6.07, 6.45) is 0. The van der Waals surface area contributed by atoms with E-state index in [-0.39, 0.29) is 6.79 Å². The topological polar surface area (TPSA) is 72.6 Å². The van der Waals surface area contributed by atoms with E-state index >= 15 is 0 Å². The summed E-state index contributed by atoms with van der Waals surface area (Å²) >= 11 is 0. The van der Waals surface area contributed by atoms with Crippen molar-refractivity contribution in [3.8, 4) is 22.6 Å². The van der Waals surface area contributed by atoms with Crippen LogP contribution in [0.4, 0.5) is 11.4 Å². The van der Waals surface area contributed by atoms with Gasteiger partial charge in [0.25, 0.3) is 0 Å². The first-order valence-corrected chi connectivity index (χ1v) is 9.45. The number of hydrogen-bond acceptors (Lipinski definition) is 6. The van der Waals surface area contributed by atoms with Crippen LogP contribution in [0.25, 0.3) is 11.1 Å². The van der Waals surface area contributed by atoms with Gasteiger partial charge in [-0.15, -0.1) is 0 Å². The molecule has 0 atom stereocenters. The second kappa shape index (κ2) is 10.9. The van der Waals surface area contributed by atoms with Crippen LogP contribution in [-0.2, 0) is 4.74 Å². The van der Waals surface area contributed by atoms with Gasteiger partial charge in [0.2, 0.25) is 0 Å². The molecule has 1 N–H and O–H groups in total. The van der Waals surface area contributed by atoms with Crippen molar-refractivity contribution in [1.29, 1.82) is 0 Å². The highest BCUT2D eigenvalue weighted by Crippen LogP contribution is 2.26. The second-order valence-electron chi connectivity index (χ2n) is 6.08. The fraction of sp³-hybridized carbons (Fsp3) is 0.217. The third kappa shape index (κ3) is 6.41. The van der Waals surface area contributed by atoms with E-state index in [2.05, 4.69) is 10.2 Å². The summed E-state index contributed by atoms with van der Waals surface area (Å²) in [4.78, 5) is 0. The molecule has 0 saturated heterocycles. The lowest BCUT2D eigenvalue weighted by molar-refractivity contribution is 0.0985. The summed E-state index contributed by atoms with van der Waals surface area (Å²) < 4.78 is 15.9. The van der Waals surface area contributed by atoms with Crippen LogP contribution in [-0.4, -0.2) is 31.7 Å². The van der Waals surface area contributed by atoms with Crippen LogP contribution in [0.15, 0.2) is 83.0 Å². The molecule has 0 radical (unpaired) electrons. The number of azo groups is 1. The zero-order valence-electron chi connectivity index (χ0n) is 16.3. The second-order valence-corrected chi connectivity index (χ2v) is 6.08. The van der Waals surface area contributed by atoms with Crippen molar-refractivity contribution >= 4 is 11.4 Å². The summed E-state index contributed by atoms with van der Waals surface area (Å²) in [7, 11) is 0. The first-order valence-electron chi connectivity index (χ1n) is 9.45. The van der Waals surface area contributed by atoms with Gasteiger partial charge in [0.1, 0.15) is 18.1 Å². The van der Waals surface area contributed by atoms with E-state index in [0.29, 0.717) is 25.6 Å². The molecule has 0 bridgehead atoms. The fourth-order valence-electron chi connectivity index (χ4n) is 2.63. The van der Waals surface area contributed by atoms with Gasteiger partial charge in [-0.05, 0) is 66.6 Å². The summed E-state index contributed by atoms with van der Waals surface area (Å²) in [6, 6.07) is 22.8. The molecule has 3 rings (SSSR count). The normalized spacial score (nSPS) is 11.0. The SMILES string of the molecule is CCOCCOc1ccc(N=Nc2ccc(-c3ccc(OCO)cc3)cc2)cc1. The fourth-order valence-corrected chi connectivity index (χ4v) is 2.63. The lowest BCUT2D eigenvalue weighted by Crippen LogP contribution is -2.05. The molecule has 0 saturated carbocycles. The van der Waals surface area contributed by atoms with Crippen LogP contribution >= 0.6 is 0 Å². The molecule has 3 aromatic carbocycles. The molecule has 0 spiro atoms. The van der Waals surface area contributed by atoms with Gasteiger partial charge in [-0.25, -0.2) is 0 Å². The Bertz CT molecular complexity index is 892. The zero-order chi connectivity index (χ0) is 20.3. The molecule has 0 aliphatic heterocycles. The molecular weight excluding hydrogens is 368 g/mol. The van der Waals surface area contributed by atoms with Gasteiger partial charge < -0.3 is 19.3 Å². The molecule has 0 fully saturated rings. The van der Waals surface area contributed by atoms with Gasteiger partial charge in [0.05, 0.1) is 18.0 Å². The number of aliphatic hydroxyl groups excluding tert-OH is 1. The maximum absolute atomic E-state index is 8.78. The highest BCUT2D eigenvalue weighted by molar-refractivity contribution is 5.66. The van der Waals surface area contributed by atoms with E-state index in [1.807, 2.05) is 79.7 Å². The van der Waals surface area contributed by atoms with Crippen molar-refractivity contribution < 1.29 is 19.3 Å². The van der Waals surface area contributed by atoms with E-state index in [1.54, 1.807) is 0 Å². The Morgan fingerprint density at radius 1 is 0.655 bits per heavy atom. The van der Waals surface area contributed by atoms with E-state index in [4.69, 9.17) is 19.3 Å². The van der Waals surface area contributed by atoms with Gasteiger partial charge in [0, 0.05) is 6.61 Å². The number of aliphatic hydroxyl groups is 1. The lowest BCUT2D eigenvalue weighted by Gasteiger charge is -2.06. The predicted molar refractivity (Wildman–Crippen MR) is 112 cm³/mol. The summed E-state index contributed by atoms with van der Waals surface area (Å²) in [6.45, 7) is 3.42. The Kier molecular flexibility index (Phi) is 7.74. The number of nitrogens with zero attached hydrogens (tertiary/aromatic N) is 2. The Morgan fingerprint density at radius 2 is 1.14 bits per heavy atom. The highest BCUT2D eigenvalue weighted by atomic mass is 16.6. The monoisotopic (exact) mass is 392 g/mol. The van der Waals surface area contributed by atoms with Crippen LogP contribution in [0.1, 0.15) is 6.92 Å². The van der Waals surface area contributed by atoms with Gasteiger partial charge in [-0.1, -0.05) is 24.3 Å². The molecule has 150 valence electrons. The Labute approximate surface area is 170 Å².